The van der Waals surface area contributed by atoms with Crippen LogP contribution in [0.5, 0.6) is 5.75 Å². The lowest BCUT2D eigenvalue weighted by Gasteiger charge is -2.27. The van der Waals surface area contributed by atoms with Gasteiger partial charge in [0.2, 0.25) is 0 Å². The van der Waals surface area contributed by atoms with E-state index < -0.39 is 0 Å². The average molecular weight is 360 g/mol. The number of benzene rings is 1. The molecule has 2 aliphatic heterocycles. The monoisotopic (exact) mass is 359 g/mol. The Morgan fingerprint density at radius 2 is 2.17 bits per heavy atom. The fourth-order valence-electron chi connectivity index (χ4n) is 3.34. The standard InChI is InChI=1S/C18H18ClN3OS/c1-11-10-22-17(12-6-7-15(23-2)13(19)9-12)16(21-18(22)24-11)14-5-3-4-8-20-14/h3-9,11,16-17H,10H2,1-2H3/t11-,16-,17+/m0/s1. The molecular formula is C18H18ClN3OS. The summed E-state index contributed by atoms with van der Waals surface area (Å²) in [5, 5.41) is 2.28. The SMILES string of the molecule is COc1ccc([C@@H]2[C@H](c3ccccn3)N=C3S[C@@H](C)CN32)cc1Cl. The zero-order valence-corrected chi connectivity index (χ0v) is 15.1. The maximum Gasteiger partial charge on any atom is 0.160 e. The van der Waals surface area contributed by atoms with E-state index in [0.29, 0.717) is 16.0 Å². The van der Waals surface area contributed by atoms with E-state index in [1.165, 1.54) is 0 Å². The number of ether oxygens (including phenoxy) is 1. The Balaban J connectivity index is 1.77. The van der Waals surface area contributed by atoms with Crippen molar-refractivity contribution in [3.8, 4) is 5.75 Å². The van der Waals surface area contributed by atoms with Crippen molar-refractivity contribution in [3.05, 3.63) is 58.9 Å². The smallest absolute Gasteiger partial charge is 0.160 e. The van der Waals surface area contributed by atoms with E-state index in [1.54, 1.807) is 7.11 Å². The Hall–Kier alpha value is -1.72. The fraction of sp³-hybridized carbons (Fsp3) is 0.333. The van der Waals surface area contributed by atoms with Gasteiger partial charge >= 0.3 is 0 Å². The molecule has 0 aliphatic carbocycles. The van der Waals surface area contributed by atoms with Gasteiger partial charge in [-0.15, -0.1) is 0 Å². The van der Waals surface area contributed by atoms with Gasteiger partial charge in [0.25, 0.3) is 0 Å². The number of amidine groups is 1. The van der Waals surface area contributed by atoms with E-state index in [9.17, 15) is 0 Å². The molecule has 3 heterocycles. The Bertz CT molecular complexity index is 783. The van der Waals surface area contributed by atoms with Gasteiger partial charge in [-0.25, -0.2) is 0 Å². The van der Waals surface area contributed by atoms with Gasteiger partial charge in [-0.05, 0) is 29.8 Å². The molecule has 3 atom stereocenters. The van der Waals surface area contributed by atoms with E-state index in [-0.39, 0.29) is 12.1 Å². The molecule has 0 bridgehead atoms. The third-order valence-electron chi connectivity index (χ3n) is 4.40. The summed E-state index contributed by atoms with van der Waals surface area (Å²) in [6, 6.07) is 12.1. The second-order valence-electron chi connectivity index (χ2n) is 6.03. The van der Waals surface area contributed by atoms with E-state index in [2.05, 4.69) is 22.9 Å². The maximum atomic E-state index is 6.37. The zero-order valence-electron chi connectivity index (χ0n) is 13.5. The molecule has 1 saturated heterocycles. The number of hydrogen-bond acceptors (Lipinski definition) is 5. The van der Waals surface area contributed by atoms with Gasteiger partial charge in [0.05, 0.1) is 23.9 Å². The van der Waals surface area contributed by atoms with Gasteiger partial charge in [-0.2, -0.15) is 0 Å². The molecule has 0 unspecified atom stereocenters. The summed E-state index contributed by atoms with van der Waals surface area (Å²) in [6.45, 7) is 3.22. The van der Waals surface area contributed by atoms with Crippen LogP contribution in [0.25, 0.3) is 0 Å². The molecule has 24 heavy (non-hydrogen) atoms. The predicted octanol–water partition coefficient (Wildman–Crippen LogP) is 4.33. The van der Waals surface area contributed by atoms with Crippen LogP contribution in [0.2, 0.25) is 5.02 Å². The van der Waals surface area contributed by atoms with Crippen molar-refractivity contribution >= 4 is 28.5 Å². The molecule has 2 aromatic rings. The molecule has 0 saturated carbocycles. The topological polar surface area (TPSA) is 37.7 Å². The summed E-state index contributed by atoms with van der Waals surface area (Å²) in [6.07, 6.45) is 1.83. The first kappa shape index (κ1) is 15.8. The molecule has 4 rings (SSSR count). The highest BCUT2D eigenvalue weighted by atomic mass is 35.5. The summed E-state index contributed by atoms with van der Waals surface area (Å²) >= 11 is 8.21. The van der Waals surface area contributed by atoms with Crippen LogP contribution in [0.15, 0.2) is 47.6 Å². The van der Waals surface area contributed by atoms with Gasteiger partial charge in [0.15, 0.2) is 5.17 Å². The van der Waals surface area contributed by atoms with Gasteiger partial charge < -0.3 is 9.64 Å². The molecule has 1 aromatic carbocycles. The van der Waals surface area contributed by atoms with E-state index >= 15 is 0 Å². The molecule has 0 spiro atoms. The van der Waals surface area contributed by atoms with Crippen molar-refractivity contribution in [1.29, 1.82) is 0 Å². The second kappa shape index (κ2) is 6.30. The second-order valence-corrected chi connectivity index (χ2v) is 7.84. The van der Waals surface area contributed by atoms with Crippen LogP contribution in [-0.2, 0) is 0 Å². The highest BCUT2D eigenvalue weighted by Crippen LogP contribution is 2.48. The summed E-state index contributed by atoms with van der Waals surface area (Å²) < 4.78 is 5.29. The zero-order chi connectivity index (χ0) is 16.7. The van der Waals surface area contributed by atoms with Gasteiger partial charge in [-0.1, -0.05) is 42.4 Å². The molecule has 0 amide bonds. The molecular weight excluding hydrogens is 342 g/mol. The van der Waals surface area contributed by atoms with Crippen molar-refractivity contribution in [3.63, 3.8) is 0 Å². The highest BCUT2D eigenvalue weighted by Gasteiger charge is 2.43. The van der Waals surface area contributed by atoms with Crippen molar-refractivity contribution in [2.24, 2.45) is 4.99 Å². The Labute approximate surface area is 150 Å². The number of halogens is 1. The predicted molar refractivity (Wildman–Crippen MR) is 98.9 cm³/mol. The molecule has 124 valence electrons. The maximum absolute atomic E-state index is 6.37. The number of pyridine rings is 1. The quantitative estimate of drug-likeness (QED) is 0.817. The molecule has 1 fully saturated rings. The molecule has 1 aromatic heterocycles. The molecule has 2 aliphatic rings. The number of fused-ring (bicyclic) bond motifs is 1. The fourth-order valence-corrected chi connectivity index (χ4v) is 4.70. The van der Waals surface area contributed by atoms with Crippen molar-refractivity contribution in [2.45, 2.75) is 24.3 Å². The normalized spacial score (nSPS) is 25.5. The van der Waals surface area contributed by atoms with Crippen LogP contribution in [0, 0.1) is 0 Å². The van der Waals surface area contributed by atoms with Crippen LogP contribution in [0.1, 0.15) is 30.3 Å². The molecule has 6 heteroatoms. The first-order valence-electron chi connectivity index (χ1n) is 7.93. The minimum atomic E-state index is -0.00865. The van der Waals surface area contributed by atoms with Crippen LogP contribution in [0.3, 0.4) is 0 Å². The lowest BCUT2D eigenvalue weighted by Crippen LogP contribution is -2.28. The van der Waals surface area contributed by atoms with Crippen molar-refractivity contribution in [2.75, 3.05) is 13.7 Å². The average Bonchev–Trinajstić information content (AvgIpc) is 3.11. The van der Waals surface area contributed by atoms with E-state index in [4.69, 9.17) is 21.3 Å². The number of rotatable bonds is 3. The van der Waals surface area contributed by atoms with Gasteiger partial charge in [0.1, 0.15) is 11.8 Å². The number of aliphatic imine (C=N–C) groups is 1. The van der Waals surface area contributed by atoms with Crippen molar-refractivity contribution in [1.82, 2.24) is 9.88 Å². The number of hydrogen-bond donors (Lipinski definition) is 0. The summed E-state index contributed by atoms with van der Waals surface area (Å²) in [5.74, 6) is 0.693. The summed E-state index contributed by atoms with van der Waals surface area (Å²) in [5.41, 5.74) is 2.13. The first-order chi connectivity index (χ1) is 11.7. The van der Waals surface area contributed by atoms with Gasteiger partial charge in [0, 0.05) is 18.0 Å². The summed E-state index contributed by atoms with van der Waals surface area (Å²) in [7, 11) is 1.63. The minimum Gasteiger partial charge on any atom is -0.495 e. The van der Waals surface area contributed by atoms with Crippen LogP contribution >= 0.6 is 23.4 Å². The van der Waals surface area contributed by atoms with Crippen LogP contribution in [0.4, 0.5) is 0 Å². The van der Waals surface area contributed by atoms with E-state index in [0.717, 1.165) is 23.0 Å². The number of methoxy groups -OCH3 is 1. The first-order valence-corrected chi connectivity index (χ1v) is 9.18. The Morgan fingerprint density at radius 3 is 2.88 bits per heavy atom. The minimum absolute atomic E-state index is 0.00865. The number of aromatic nitrogens is 1. The van der Waals surface area contributed by atoms with E-state index in [1.807, 2.05) is 48.3 Å². The molecule has 0 radical (unpaired) electrons. The molecule has 4 nitrogen and oxygen atoms in total. The van der Waals surface area contributed by atoms with Crippen LogP contribution in [-0.4, -0.2) is 34.0 Å². The number of nitrogens with zero attached hydrogens (tertiary/aromatic N) is 3. The Kier molecular flexibility index (Phi) is 4.14. The highest BCUT2D eigenvalue weighted by molar-refractivity contribution is 8.14. The number of thioether (sulfide) groups is 1. The largest absolute Gasteiger partial charge is 0.495 e. The third kappa shape index (κ3) is 2.66. The van der Waals surface area contributed by atoms with Gasteiger partial charge in [-0.3, -0.25) is 9.98 Å². The van der Waals surface area contributed by atoms with Crippen LogP contribution < -0.4 is 4.74 Å². The third-order valence-corrected chi connectivity index (χ3v) is 5.80. The summed E-state index contributed by atoms with van der Waals surface area (Å²) in [4.78, 5) is 11.9. The lowest BCUT2D eigenvalue weighted by atomic mass is 9.96. The van der Waals surface area contributed by atoms with Crippen molar-refractivity contribution < 1.29 is 4.74 Å². The Morgan fingerprint density at radius 1 is 1.29 bits per heavy atom. The lowest BCUT2D eigenvalue weighted by molar-refractivity contribution is 0.321. The molecule has 0 N–H and O–H groups in total.